The fourth-order valence-electron chi connectivity index (χ4n) is 3.10. The molecule has 1 saturated carbocycles. The van der Waals surface area contributed by atoms with E-state index in [1.54, 1.807) is 6.07 Å². The van der Waals surface area contributed by atoms with Crippen LogP contribution in [0, 0.1) is 0 Å². The number of morpholine rings is 1. The van der Waals surface area contributed by atoms with E-state index in [-0.39, 0.29) is 17.6 Å². The second-order valence-electron chi connectivity index (χ2n) is 6.67. The molecule has 0 radical (unpaired) electrons. The number of ether oxygens (including phenoxy) is 1. The van der Waals surface area contributed by atoms with Gasteiger partial charge in [-0.1, -0.05) is 0 Å². The van der Waals surface area contributed by atoms with E-state index in [1.165, 1.54) is 0 Å². The highest BCUT2D eigenvalue weighted by atomic mass is 16.5. The van der Waals surface area contributed by atoms with E-state index in [9.17, 15) is 4.79 Å². The van der Waals surface area contributed by atoms with Crippen LogP contribution in [-0.4, -0.2) is 40.2 Å². The molecule has 5 nitrogen and oxygen atoms in total. The normalized spacial score (nSPS) is 25.8. The van der Waals surface area contributed by atoms with Crippen molar-refractivity contribution < 1.29 is 9.53 Å². The SMILES string of the molecule is CC1CN(C(=O)c2cc(N)cn2C2CC2)CC(C)(C)O1. The lowest BCUT2D eigenvalue weighted by Gasteiger charge is -2.41. The van der Waals surface area contributed by atoms with E-state index in [0.717, 1.165) is 18.5 Å². The first-order chi connectivity index (χ1) is 9.35. The fourth-order valence-corrected chi connectivity index (χ4v) is 3.10. The molecule has 1 atom stereocenters. The molecular formula is C15H23N3O2. The summed E-state index contributed by atoms with van der Waals surface area (Å²) in [4.78, 5) is 14.7. The van der Waals surface area contributed by atoms with Gasteiger partial charge in [-0.3, -0.25) is 4.79 Å². The van der Waals surface area contributed by atoms with E-state index in [2.05, 4.69) is 0 Å². The molecular weight excluding hydrogens is 254 g/mol. The number of aromatic nitrogens is 1. The molecule has 0 spiro atoms. The summed E-state index contributed by atoms with van der Waals surface area (Å²) >= 11 is 0. The number of nitrogens with zero attached hydrogens (tertiary/aromatic N) is 2. The van der Waals surface area contributed by atoms with Gasteiger partial charge in [-0.25, -0.2) is 0 Å². The molecule has 2 heterocycles. The van der Waals surface area contributed by atoms with Gasteiger partial charge < -0.3 is 19.9 Å². The van der Waals surface area contributed by atoms with Gasteiger partial charge in [0.1, 0.15) is 5.69 Å². The van der Waals surface area contributed by atoms with Crippen molar-refractivity contribution in [2.45, 2.75) is 51.4 Å². The highest BCUT2D eigenvalue weighted by Crippen LogP contribution is 2.37. The van der Waals surface area contributed by atoms with Gasteiger partial charge in [-0.05, 0) is 39.7 Å². The largest absolute Gasteiger partial charge is 0.397 e. The molecule has 110 valence electrons. The second kappa shape index (κ2) is 4.52. The Labute approximate surface area is 119 Å². The minimum atomic E-state index is -0.296. The number of amides is 1. The van der Waals surface area contributed by atoms with Gasteiger partial charge in [-0.15, -0.1) is 0 Å². The Kier molecular flexibility index (Phi) is 3.05. The van der Waals surface area contributed by atoms with Gasteiger partial charge in [-0.2, -0.15) is 0 Å². The minimum absolute atomic E-state index is 0.0596. The van der Waals surface area contributed by atoms with Gasteiger partial charge in [0.15, 0.2) is 0 Å². The molecule has 2 N–H and O–H groups in total. The summed E-state index contributed by atoms with van der Waals surface area (Å²) < 4.78 is 7.91. The highest BCUT2D eigenvalue weighted by Gasteiger charge is 2.36. The van der Waals surface area contributed by atoms with Crippen molar-refractivity contribution in [1.29, 1.82) is 0 Å². The van der Waals surface area contributed by atoms with Crippen molar-refractivity contribution in [3.63, 3.8) is 0 Å². The topological polar surface area (TPSA) is 60.5 Å². The third-order valence-electron chi connectivity index (χ3n) is 3.89. The van der Waals surface area contributed by atoms with Crippen LogP contribution in [0.4, 0.5) is 5.69 Å². The Balaban J connectivity index is 1.85. The fraction of sp³-hybridized carbons (Fsp3) is 0.667. The maximum atomic E-state index is 12.8. The smallest absolute Gasteiger partial charge is 0.270 e. The third-order valence-corrected chi connectivity index (χ3v) is 3.89. The van der Waals surface area contributed by atoms with Crippen LogP contribution in [0.15, 0.2) is 12.3 Å². The molecule has 0 bridgehead atoms. The van der Waals surface area contributed by atoms with Crippen LogP contribution in [-0.2, 0) is 4.74 Å². The van der Waals surface area contributed by atoms with Crippen LogP contribution in [0.2, 0.25) is 0 Å². The third kappa shape index (κ3) is 2.54. The molecule has 20 heavy (non-hydrogen) atoms. The number of nitrogens with two attached hydrogens (primary N) is 1. The van der Waals surface area contributed by atoms with E-state index in [0.29, 0.717) is 24.8 Å². The number of rotatable bonds is 2. The van der Waals surface area contributed by atoms with E-state index in [1.807, 2.05) is 36.4 Å². The van der Waals surface area contributed by atoms with E-state index < -0.39 is 0 Å². The van der Waals surface area contributed by atoms with Crippen molar-refractivity contribution in [3.05, 3.63) is 18.0 Å². The molecule has 3 rings (SSSR count). The molecule has 1 aromatic heterocycles. The molecule has 1 aliphatic carbocycles. The quantitative estimate of drug-likeness (QED) is 0.900. The van der Waals surface area contributed by atoms with Crippen molar-refractivity contribution in [2.75, 3.05) is 18.8 Å². The molecule has 1 unspecified atom stereocenters. The first-order valence-electron chi connectivity index (χ1n) is 7.30. The van der Waals surface area contributed by atoms with Crippen molar-refractivity contribution in [3.8, 4) is 0 Å². The number of anilines is 1. The van der Waals surface area contributed by atoms with Crippen molar-refractivity contribution in [1.82, 2.24) is 9.47 Å². The first kappa shape index (κ1) is 13.5. The number of carbonyl (C=O) groups is 1. The summed E-state index contributed by atoms with van der Waals surface area (Å²) in [5.41, 5.74) is 6.97. The van der Waals surface area contributed by atoms with Crippen LogP contribution in [0.3, 0.4) is 0 Å². The van der Waals surface area contributed by atoms with Crippen LogP contribution in [0.1, 0.15) is 50.1 Å². The zero-order valence-electron chi connectivity index (χ0n) is 12.4. The number of hydrogen-bond acceptors (Lipinski definition) is 3. The Hall–Kier alpha value is -1.49. The number of carbonyl (C=O) groups excluding carboxylic acids is 1. The Morgan fingerprint density at radius 2 is 2.15 bits per heavy atom. The van der Waals surface area contributed by atoms with E-state index in [4.69, 9.17) is 10.5 Å². The average Bonchev–Trinajstić information content (AvgIpc) is 3.09. The summed E-state index contributed by atoms with van der Waals surface area (Å²) in [5, 5.41) is 0. The second-order valence-corrected chi connectivity index (χ2v) is 6.67. The highest BCUT2D eigenvalue weighted by molar-refractivity contribution is 5.94. The molecule has 2 fully saturated rings. The Morgan fingerprint density at radius 1 is 1.45 bits per heavy atom. The van der Waals surface area contributed by atoms with Gasteiger partial charge in [0.2, 0.25) is 0 Å². The summed E-state index contributed by atoms with van der Waals surface area (Å²) in [6.45, 7) is 7.31. The lowest BCUT2D eigenvalue weighted by Crippen LogP contribution is -2.54. The minimum Gasteiger partial charge on any atom is -0.397 e. The monoisotopic (exact) mass is 277 g/mol. The van der Waals surface area contributed by atoms with Crippen LogP contribution in [0.5, 0.6) is 0 Å². The van der Waals surface area contributed by atoms with Crippen LogP contribution < -0.4 is 5.73 Å². The number of hydrogen-bond donors (Lipinski definition) is 1. The summed E-state index contributed by atoms with van der Waals surface area (Å²) in [6, 6.07) is 2.26. The summed E-state index contributed by atoms with van der Waals surface area (Å²) in [7, 11) is 0. The summed E-state index contributed by atoms with van der Waals surface area (Å²) in [6.07, 6.45) is 4.23. The molecule has 0 aromatic carbocycles. The van der Waals surface area contributed by atoms with Gasteiger partial charge >= 0.3 is 0 Å². The van der Waals surface area contributed by atoms with Crippen molar-refractivity contribution in [2.24, 2.45) is 0 Å². The predicted molar refractivity (Wildman–Crippen MR) is 77.6 cm³/mol. The van der Waals surface area contributed by atoms with Crippen molar-refractivity contribution >= 4 is 11.6 Å². The van der Waals surface area contributed by atoms with Gasteiger partial charge in [0.05, 0.1) is 17.4 Å². The molecule has 2 aliphatic rings. The van der Waals surface area contributed by atoms with E-state index >= 15 is 0 Å². The Morgan fingerprint density at radius 3 is 2.75 bits per heavy atom. The maximum absolute atomic E-state index is 12.8. The lowest BCUT2D eigenvalue weighted by atomic mass is 10.1. The zero-order valence-corrected chi connectivity index (χ0v) is 12.4. The molecule has 1 aliphatic heterocycles. The van der Waals surface area contributed by atoms with Gasteiger partial charge in [0.25, 0.3) is 5.91 Å². The van der Waals surface area contributed by atoms with Gasteiger partial charge in [0, 0.05) is 25.3 Å². The van der Waals surface area contributed by atoms with Crippen LogP contribution >= 0.6 is 0 Å². The number of nitrogen functional groups attached to an aromatic ring is 1. The van der Waals surface area contributed by atoms with Crippen LogP contribution in [0.25, 0.3) is 0 Å². The predicted octanol–water partition coefficient (Wildman–Crippen LogP) is 2.04. The molecule has 1 amide bonds. The molecule has 5 heteroatoms. The molecule has 1 aromatic rings. The Bertz CT molecular complexity index is 531. The first-order valence-corrected chi connectivity index (χ1v) is 7.30. The maximum Gasteiger partial charge on any atom is 0.270 e. The molecule has 1 saturated heterocycles. The average molecular weight is 277 g/mol. The standard InChI is InChI=1S/C15H23N3O2/c1-10-7-17(9-15(2,3)20-10)14(19)13-6-11(16)8-18(13)12-4-5-12/h6,8,10,12H,4-5,7,9,16H2,1-3H3. The summed E-state index contributed by atoms with van der Waals surface area (Å²) in [5.74, 6) is 0.0665. The lowest BCUT2D eigenvalue weighted by molar-refractivity contribution is -0.119. The zero-order chi connectivity index (χ0) is 14.5.